The standard InChI is InChI=1S/C9H24N7O2PS/c1-3-4-5-15-19(10,20)16-7-14-9(18)13-6-12-8(17)11-2/h3-7H2,1-2H3,(H2,11,12,17)(H2,13,14,18)(H4,10,15,16,20). The Morgan fingerprint density at radius 2 is 1.70 bits per heavy atom. The zero-order valence-electron chi connectivity index (χ0n) is 11.8. The summed E-state index contributed by atoms with van der Waals surface area (Å²) in [5.41, 5.74) is 5.87. The molecule has 0 heterocycles. The highest BCUT2D eigenvalue weighted by molar-refractivity contribution is 8.11. The molecule has 0 aromatic heterocycles. The van der Waals surface area contributed by atoms with E-state index in [4.69, 9.17) is 17.3 Å². The number of nitrogens with one attached hydrogen (secondary N) is 6. The molecule has 9 nitrogen and oxygen atoms in total. The van der Waals surface area contributed by atoms with Crippen molar-refractivity contribution in [2.24, 2.45) is 5.50 Å². The lowest BCUT2D eigenvalue weighted by Crippen LogP contribution is -2.47. The Balaban J connectivity index is 3.69. The van der Waals surface area contributed by atoms with Gasteiger partial charge in [-0.2, -0.15) is 0 Å². The van der Waals surface area contributed by atoms with Crippen molar-refractivity contribution < 1.29 is 9.59 Å². The van der Waals surface area contributed by atoms with E-state index in [1.807, 2.05) is 0 Å². The quantitative estimate of drug-likeness (QED) is 0.170. The molecule has 0 aliphatic carbocycles. The van der Waals surface area contributed by atoms with Crippen LogP contribution >= 0.6 is 6.49 Å². The minimum atomic E-state index is -2.31. The van der Waals surface area contributed by atoms with Crippen LogP contribution in [0.15, 0.2) is 0 Å². The van der Waals surface area contributed by atoms with Crippen LogP contribution in [0, 0.1) is 0 Å². The molecule has 8 N–H and O–H groups in total. The minimum absolute atomic E-state index is 0.0248. The van der Waals surface area contributed by atoms with E-state index in [1.165, 1.54) is 7.05 Å². The SMILES string of the molecule is CCCCNP(N)(=S)NCNC(=O)NCNC(=O)NC. The van der Waals surface area contributed by atoms with E-state index in [-0.39, 0.29) is 19.4 Å². The second-order valence-corrected chi connectivity index (χ2v) is 7.55. The number of hydrogen-bond donors (Lipinski definition) is 7. The highest BCUT2D eigenvalue weighted by atomic mass is 32.4. The molecular formula is C9H24N7O2PS. The van der Waals surface area contributed by atoms with Crippen LogP contribution in [0.4, 0.5) is 9.59 Å². The number of rotatable bonds is 9. The Kier molecular flexibility index (Phi) is 10.3. The summed E-state index contributed by atoms with van der Waals surface area (Å²) in [6, 6.07) is -0.807. The molecule has 0 aliphatic heterocycles. The van der Waals surface area contributed by atoms with Gasteiger partial charge in [-0.1, -0.05) is 13.3 Å². The summed E-state index contributed by atoms with van der Waals surface area (Å²) < 4.78 is 0. The zero-order chi connectivity index (χ0) is 15.4. The molecule has 0 fully saturated rings. The number of carbonyl (C=O) groups is 2. The number of carbonyl (C=O) groups excluding carboxylic acids is 2. The minimum Gasteiger partial charge on any atom is -0.341 e. The smallest absolute Gasteiger partial charge is 0.317 e. The molecule has 118 valence electrons. The molecule has 0 saturated carbocycles. The first kappa shape index (κ1) is 19.1. The lowest BCUT2D eigenvalue weighted by Gasteiger charge is -2.20. The average molecular weight is 325 g/mol. The van der Waals surface area contributed by atoms with Gasteiger partial charge in [0.15, 0.2) is 0 Å². The molecule has 0 aromatic rings. The Labute approximate surface area is 124 Å². The summed E-state index contributed by atoms with van der Waals surface area (Å²) in [5, 5.41) is 15.7. The van der Waals surface area contributed by atoms with Crippen molar-refractivity contribution in [3.05, 3.63) is 0 Å². The monoisotopic (exact) mass is 325 g/mol. The van der Waals surface area contributed by atoms with Crippen LogP contribution in [0.1, 0.15) is 19.8 Å². The van der Waals surface area contributed by atoms with Crippen LogP contribution in [0.3, 0.4) is 0 Å². The molecule has 11 heteroatoms. The molecule has 0 aliphatic rings. The van der Waals surface area contributed by atoms with Gasteiger partial charge in [-0.15, -0.1) is 0 Å². The molecule has 0 aromatic carbocycles. The first-order valence-electron chi connectivity index (χ1n) is 6.27. The highest BCUT2D eigenvalue weighted by Gasteiger charge is 2.08. The topological polar surface area (TPSA) is 132 Å². The van der Waals surface area contributed by atoms with Gasteiger partial charge in [0.25, 0.3) is 0 Å². The van der Waals surface area contributed by atoms with Crippen LogP contribution in [0.5, 0.6) is 0 Å². The van der Waals surface area contributed by atoms with Gasteiger partial charge in [-0.3, -0.25) is 10.6 Å². The number of amides is 4. The second kappa shape index (κ2) is 10.8. The van der Waals surface area contributed by atoms with Gasteiger partial charge in [0, 0.05) is 13.6 Å². The number of unbranched alkanes of at least 4 members (excludes halogenated alkanes) is 1. The Hall–Kier alpha value is -0.930. The Morgan fingerprint density at radius 3 is 2.30 bits per heavy atom. The second-order valence-electron chi connectivity index (χ2n) is 3.87. The molecule has 0 saturated heterocycles. The summed E-state index contributed by atoms with van der Waals surface area (Å²) in [4.78, 5) is 22.2. The fourth-order valence-corrected chi connectivity index (χ4v) is 2.45. The molecular weight excluding hydrogens is 301 g/mol. The number of nitrogens with two attached hydrogens (primary N) is 1. The Bertz CT molecular complexity index is 355. The number of urea groups is 2. The zero-order valence-corrected chi connectivity index (χ0v) is 13.5. The summed E-state index contributed by atoms with van der Waals surface area (Å²) >= 11 is 5.18. The lowest BCUT2D eigenvalue weighted by molar-refractivity contribution is 0.235. The van der Waals surface area contributed by atoms with Gasteiger partial charge in [0.2, 0.25) is 0 Å². The predicted octanol–water partition coefficient (Wildman–Crippen LogP) is -0.708. The lowest BCUT2D eigenvalue weighted by atomic mass is 10.3. The van der Waals surface area contributed by atoms with Gasteiger partial charge in [0.05, 0.1) is 13.3 Å². The first-order valence-corrected chi connectivity index (χ1v) is 9.14. The van der Waals surface area contributed by atoms with Gasteiger partial charge < -0.3 is 21.3 Å². The van der Waals surface area contributed by atoms with E-state index in [2.05, 4.69) is 38.4 Å². The maximum absolute atomic E-state index is 11.3. The van der Waals surface area contributed by atoms with Crippen LogP contribution in [-0.4, -0.2) is 39.0 Å². The fraction of sp³-hybridized carbons (Fsp3) is 0.778. The van der Waals surface area contributed by atoms with Crippen LogP contribution < -0.4 is 36.9 Å². The van der Waals surface area contributed by atoms with Gasteiger partial charge >= 0.3 is 12.1 Å². The van der Waals surface area contributed by atoms with Crippen LogP contribution in [0.25, 0.3) is 0 Å². The van der Waals surface area contributed by atoms with Crippen molar-refractivity contribution in [1.82, 2.24) is 31.4 Å². The molecule has 1 unspecified atom stereocenters. The van der Waals surface area contributed by atoms with Crippen molar-refractivity contribution in [2.75, 3.05) is 26.9 Å². The summed E-state index contributed by atoms with van der Waals surface area (Å²) in [7, 11) is 1.49. The third-order valence-corrected chi connectivity index (χ3v) is 4.26. The molecule has 20 heavy (non-hydrogen) atoms. The first-order chi connectivity index (χ1) is 9.41. The van der Waals surface area contributed by atoms with E-state index in [1.54, 1.807) is 0 Å². The van der Waals surface area contributed by atoms with E-state index < -0.39 is 12.5 Å². The molecule has 0 spiro atoms. The van der Waals surface area contributed by atoms with Crippen molar-refractivity contribution in [3.63, 3.8) is 0 Å². The molecule has 4 amide bonds. The third kappa shape index (κ3) is 10.9. The third-order valence-electron chi connectivity index (χ3n) is 2.16. The van der Waals surface area contributed by atoms with Crippen molar-refractivity contribution in [1.29, 1.82) is 0 Å². The predicted molar refractivity (Wildman–Crippen MR) is 83.5 cm³/mol. The van der Waals surface area contributed by atoms with E-state index in [0.29, 0.717) is 0 Å². The molecule has 1 atom stereocenters. The number of hydrogen-bond acceptors (Lipinski definition) is 3. The molecule has 0 rings (SSSR count). The van der Waals surface area contributed by atoms with E-state index >= 15 is 0 Å². The largest absolute Gasteiger partial charge is 0.341 e. The maximum Gasteiger partial charge on any atom is 0.317 e. The average Bonchev–Trinajstić information content (AvgIpc) is 2.38. The van der Waals surface area contributed by atoms with E-state index in [0.717, 1.165) is 19.4 Å². The van der Waals surface area contributed by atoms with Crippen molar-refractivity contribution in [3.8, 4) is 0 Å². The normalized spacial score (nSPS) is 13.2. The van der Waals surface area contributed by atoms with Crippen molar-refractivity contribution in [2.45, 2.75) is 19.8 Å². The summed E-state index contributed by atoms with van der Waals surface area (Å²) in [6.45, 7) is 0.689. The molecule has 0 radical (unpaired) electrons. The van der Waals surface area contributed by atoms with Gasteiger partial charge in [0.1, 0.15) is 6.49 Å². The van der Waals surface area contributed by atoms with Crippen molar-refractivity contribution >= 4 is 30.4 Å². The summed E-state index contributed by atoms with van der Waals surface area (Å²) in [6.07, 6.45) is 2.05. The fourth-order valence-electron chi connectivity index (χ4n) is 1.07. The Morgan fingerprint density at radius 1 is 1.10 bits per heavy atom. The van der Waals surface area contributed by atoms with E-state index in [9.17, 15) is 9.59 Å². The van der Waals surface area contributed by atoms with Crippen LogP contribution in [-0.2, 0) is 11.8 Å². The van der Waals surface area contributed by atoms with Crippen LogP contribution in [0.2, 0.25) is 0 Å². The maximum atomic E-state index is 11.3. The van der Waals surface area contributed by atoms with Gasteiger partial charge in [-0.05, 0) is 18.2 Å². The van der Waals surface area contributed by atoms with Gasteiger partial charge in [-0.25, -0.2) is 14.7 Å². The summed E-state index contributed by atoms with van der Waals surface area (Å²) in [5.74, 6) is 0. The highest BCUT2D eigenvalue weighted by Crippen LogP contribution is 2.23. The molecule has 0 bridgehead atoms.